The molecule has 160 valence electrons. The van der Waals surface area contributed by atoms with Gasteiger partial charge in [0.25, 0.3) is 0 Å². The predicted octanol–water partition coefficient (Wildman–Crippen LogP) is 4.36. The van der Waals surface area contributed by atoms with Gasteiger partial charge in [-0.1, -0.05) is 24.3 Å². The molecule has 0 atom stereocenters. The molecule has 0 fully saturated rings. The largest absolute Gasteiger partial charge is 0.462 e. The maximum Gasteiger partial charge on any atom is 0.339 e. The summed E-state index contributed by atoms with van der Waals surface area (Å²) >= 11 is 0. The second-order valence-corrected chi connectivity index (χ2v) is 7.68. The number of esters is 1. The van der Waals surface area contributed by atoms with E-state index in [0.717, 1.165) is 17.5 Å². The van der Waals surface area contributed by atoms with Gasteiger partial charge < -0.3 is 14.2 Å². The Morgan fingerprint density at radius 2 is 1.77 bits per heavy atom. The maximum atomic E-state index is 13.4. The van der Waals surface area contributed by atoms with Crippen LogP contribution in [0.25, 0.3) is 11.3 Å². The van der Waals surface area contributed by atoms with Crippen molar-refractivity contribution in [1.29, 1.82) is 0 Å². The lowest BCUT2D eigenvalue weighted by Gasteiger charge is -2.29. The molecule has 0 aliphatic carbocycles. The van der Waals surface area contributed by atoms with Crippen LogP contribution in [0.2, 0.25) is 0 Å². The monoisotopic (exact) mass is 420 g/mol. The van der Waals surface area contributed by atoms with E-state index in [1.54, 1.807) is 32.0 Å². The Morgan fingerprint density at radius 1 is 1.06 bits per heavy atom. The van der Waals surface area contributed by atoms with Gasteiger partial charge in [-0.3, -0.25) is 4.79 Å². The van der Waals surface area contributed by atoms with Crippen LogP contribution in [0.3, 0.4) is 0 Å². The van der Waals surface area contributed by atoms with Gasteiger partial charge in [-0.25, -0.2) is 9.18 Å². The SMILES string of the molecule is CCOC(=O)c1cc(-c2ccc(F)cc2)n(CC(=O)N2CCc3ccccc3C2)c1C. The topological polar surface area (TPSA) is 51.5 Å². The molecule has 0 spiro atoms. The van der Waals surface area contributed by atoms with Crippen molar-refractivity contribution >= 4 is 11.9 Å². The highest BCUT2D eigenvalue weighted by Crippen LogP contribution is 2.28. The van der Waals surface area contributed by atoms with Crippen molar-refractivity contribution in [1.82, 2.24) is 9.47 Å². The normalized spacial score (nSPS) is 13.1. The van der Waals surface area contributed by atoms with Crippen LogP contribution < -0.4 is 0 Å². The summed E-state index contributed by atoms with van der Waals surface area (Å²) in [7, 11) is 0. The smallest absolute Gasteiger partial charge is 0.339 e. The average Bonchev–Trinajstić information content (AvgIpc) is 3.10. The lowest BCUT2D eigenvalue weighted by Crippen LogP contribution is -2.38. The van der Waals surface area contributed by atoms with E-state index in [9.17, 15) is 14.0 Å². The molecular weight excluding hydrogens is 395 g/mol. The number of fused-ring (bicyclic) bond motifs is 1. The van der Waals surface area contributed by atoms with Gasteiger partial charge in [-0.2, -0.15) is 0 Å². The highest BCUT2D eigenvalue weighted by molar-refractivity contribution is 5.93. The average molecular weight is 420 g/mol. The van der Waals surface area contributed by atoms with E-state index >= 15 is 0 Å². The maximum absolute atomic E-state index is 13.4. The summed E-state index contributed by atoms with van der Waals surface area (Å²) < 4.78 is 20.5. The summed E-state index contributed by atoms with van der Waals surface area (Å²) in [6.45, 7) is 5.15. The summed E-state index contributed by atoms with van der Waals surface area (Å²) in [6, 6.07) is 15.9. The second kappa shape index (κ2) is 8.76. The number of aromatic nitrogens is 1. The number of halogens is 1. The van der Waals surface area contributed by atoms with E-state index in [-0.39, 0.29) is 24.9 Å². The number of hydrogen-bond acceptors (Lipinski definition) is 3. The van der Waals surface area contributed by atoms with Gasteiger partial charge in [0, 0.05) is 24.5 Å². The fraction of sp³-hybridized carbons (Fsp3) is 0.280. The molecule has 0 bridgehead atoms. The third kappa shape index (κ3) is 4.24. The van der Waals surface area contributed by atoms with Gasteiger partial charge in [-0.15, -0.1) is 0 Å². The molecule has 1 aliphatic rings. The summed E-state index contributed by atoms with van der Waals surface area (Å²) in [5.74, 6) is -0.791. The van der Waals surface area contributed by atoms with E-state index in [4.69, 9.17) is 4.74 Å². The van der Waals surface area contributed by atoms with E-state index in [1.807, 2.05) is 21.6 Å². The predicted molar refractivity (Wildman–Crippen MR) is 116 cm³/mol. The fourth-order valence-electron chi connectivity index (χ4n) is 4.07. The van der Waals surface area contributed by atoms with Gasteiger partial charge in [0.15, 0.2) is 0 Å². The second-order valence-electron chi connectivity index (χ2n) is 7.68. The van der Waals surface area contributed by atoms with Crippen molar-refractivity contribution in [2.75, 3.05) is 13.2 Å². The number of hydrogen-bond donors (Lipinski definition) is 0. The van der Waals surface area contributed by atoms with Crippen LogP contribution in [-0.4, -0.2) is 34.5 Å². The lowest BCUT2D eigenvalue weighted by atomic mass is 10.00. The Balaban J connectivity index is 1.65. The number of carbonyl (C=O) groups is 2. The zero-order chi connectivity index (χ0) is 22.0. The molecule has 1 aromatic heterocycles. The molecule has 0 unspecified atom stereocenters. The molecule has 1 aliphatic heterocycles. The summed E-state index contributed by atoms with van der Waals surface area (Å²) in [4.78, 5) is 27.5. The first-order chi connectivity index (χ1) is 15.0. The molecule has 6 heteroatoms. The zero-order valence-corrected chi connectivity index (χ0v) is 17.7. The third-order valence-corrected chi connectivity index (χ3v) is 5.78. The first-order valence-corrected chi connectivity index (χ1v) is 10.5. The Bertz CT molecular complexity index is 1120. The van der Waals surface area contributed by atoms with Gasteiger partial charge in [0.05, 0.1) is 12.2 Å². The zero-order valence-electron chi connectivity index (χ0n) is 17.7. The summed E-state index contributed by atoms with van der Waals surface area (Å²) in [5, 5.41) is 0. The molecule has 0 radical (unpaired) electrons. The lowest BCUT2D eigenvalue weighted by molar-refractivity contribution is -0.132. The van der Waals surface area contributed by atoms with Crippen LogP contribution in [0, 0.1) is 12.7 Å². The Morgan fingerprint density at radius 3 is 2.48 bits per heavy atom. The van der Waals surface area contributed by atoms with Crippen LogP contribution in [0.1, 0.15) is 34.1 Å². The van der Waals surface area contributed by atoms with Crippen molar-refractivity contribution in [3.05, 3.63) is 82.8 Å². The summed E-state index contributed by atoms with van der Waals surface area (Å²) in [6.07, 6.45) is 0.825. The van der Waals surface area contributed by atoms with E-state index in [2.05, 4.69) is 12.1 Å². The molecule has 4 rings (SSSR count). The molecule has 0 N–H and O–H groups in total. The van der Waals surface area contributed by atoms with Crippen molar-refractivity contribution in [2.24, 2.45) is 0 Å². The molecule has 0 saturated carbocycles. The molecule has 0 saturated heterocycles. The Labute approximate surface area is 181 Å². The Kier molecular flexibility index (Phi) is 5.89. The molecule has 1 amide bonds. The number of ether oxygens (including phenoxy) is 1. The first kappa shape index (κ1) is 20.8. The molecule has 5 nitrogen and oxygen atoms in total. The van der Waals surface area contributed by atoms with Crippen LogP contribution in [0.5, 0.6) is 0 Å². The quantitative estimate of drug-likeness (QED) is 0.576. The van der Waals surface area contributed by atoms with Crippen molar-refractivity contribution in [2.45, 2.75) is 33.4 Å². The third-order valence-electron chi connectivity index (χ3n) is 5.78. The van der Waals surface area contributed by atoms with E-state index in [0.29, 0.717) is 30.0 Å². The van der Waals surface area contributed by atoms with Gasteiger partial charge in [0.2, 0.25) is 5.91 Å². The highest BCUT2D eigenvalue weighted by atomic mass is 19.1. The minimum absolute atomic E-state index is 0.0213. The molecule has 2 heterocycles. The number of amides is 1. The molecular formula is C25H25FN2O3. The first-order valence-electron chi connectivity index (χ1n) is 10.5. The van der Waals surface area contributed by atoms with Crippen molar-refractivity contribution < 1.29 is 18.7 Å². The van der Waals surface area contributed by atoms with E-state index < -0.39 is 5.97 Å². The minimum Gasteiger partial charge on any atom is -0.462 e. The van der Waals surface area contributed by atoms with Crippen molar-refractivity contribution in [3.8, 4) is 11.3 Å². The number of nitrogens with zero attached hydrogens (tertiary/aromatic N) is 2. The van der Waals surface area contributed by atoms with Crippen LogP contribution in [0.4, 0.5) is 4.39 Å². The summed E-state index contributed by atoms with van der Waals surface area (Å²) in [5.41, 5.74) is 4.93. The van der Waals surface area contributed by atoms with Crippen LogP contribution >= 0.6 is 0 Å². The van der Waals surface area contributed by atoms with E-state index in [1.165, 1.54) is 17.7 Å². The minimum atomic E-state index is -0.429. The van der Waals surface area contributed by atoms with Crippen molar-refractivity contribution in [3.63, 3.8) is 0 Å². The van der Waals surface area contributed by atoms with Gasteiger partial charge in [-0.05, 0) is 67.3 Å². The number of benzene rings is 2. The number of carbonyl (C=O) groups excluding carboxylic acids is 2. The molecule has 3 aromatic rings. The van der Waals surface area contributed by atoms with Gasteiger partial charge in [0.1, 0.15) is 12.4 Å². The number of rotatable bonds is 5. The van der Waals surface area contributed by atoms with Gasteiger partial charge >= 0.3 is 5.97 Å². The molecule has 2 aromatic carbocycles. The van der Waals surface area contributed by atoms with Crippen LogP contribution in [0.15, 0.2) is 54.6 Å². The standard InChI is InChI=1S/C25H25FN2O3/c1-3-31-25(30)22-14-23(19-8-10-21(26)11-9-19)28(17(22)2)16-24(29)27-13-12-18-6-4-5-7-20(18)15-27/h4-11,14H,3,12-13,15-16H2,1-2H3. The fourth-order valence-corrected chi connectivity index (χ4v) is 4.07. The highest BCUT2D eigenvalue weighted by Gasteiger charge is 2.25. The molecule has 31 heavy (non-hydrogen) atoms. The van der Waals surface area contributed by atoms with Crippen LogP contribution in [-0.2, 0) is 29.0 Å². The Hall–Kier alpha value is -3.41.